The van der Waals surface area contributed by atoms with Crippen molar-refractivity contribution in [2.45, 2.75) is 13.3 Å². The average molecular weight is 347 g/mol. The number of anilines is 2. The van der Waals surface area contributed by atoms with Gasteiger partial charge in [-0.2, -0.15) is 0 Å². The molecule has 0 spiro atoms. The predicted octanol–water partition coefficient (Wildman–Crippen LogP) is 3.47. The molecule has 0 radical (unpaired) electrons. The molecule has 1 aromatic carbocycles. The summed E-state index contributed by atoms with van der Waals surface area (Å²) in [6.45, 7) is 3.53. The van der Waals surface area contributed by atoms with Crippen LogP contribution in [0.15, 0.2) is 36.5 Å². The van der Waals surface area contributed by atoms with Gasteiger partial charge >= 0.3 is 0 Å². The summed E-state index contributed by atoms with van der Waals surface area (Å²) in [7, 11) is 4.03. The fourth-order valence-corrected chi connectivity index (χ4v) is 2.39. The van der Waals surface area contributed by atoms with Crippen LogP contribution in [-0.4, -0.2) is 43.0 Å². The number of carbonyl (C=O) groups excluding carboxylic acids is 1. The monoisotopic (exact) mass is 346 g/mol. The van der Waals surface area contributed by atoms with E-state index in [-0.39, 0.29) is 5.91 Å². The van der Waals surface area contributed by atoms with Gasteiger partial charge in [-0.05, 0) is 63.8 Å². The van der Waals surface area contributed by atoms with Crippen molar-refractivity contribution in [3.8, 4) is 0 Å². The molecule has 0 aliphatic heterocycles. The molecule has 1 amide bonds. The van der Waals surface area contributed by atoms with E-state index in [0.29, 0.717) is 22.9 Å². The summed E-state index contributed by atoms with van der Waals surface area (Å²) in [6, 6.07) is 9.09. The topological polar surface area (TPSA) is 57.3 Å². The second kappa shape index (κ2) is 8.66. The van der Waals surface area contributed by atoms with Gasteiger partial charge in [-0.1, -0.05) is 17.7 Å². The third kappa shape index (κ3) is 5.22. The summed E-state index contributed by atoms with van der Waals surface area (Å²) >= 11 is 6.13. The fraction of sp³-hybridized carbons (Fsp3) is 0.333. The maximum atomic E-state index is 12.2. The summed E-state index contributed by atoms with van der Waals surface area (Å²) < 4.78 is 0. The normalized spacial score (nSPS) is 10.7. The van der Waals surface area contributed by atoms with E-state index in [1.54, 1.807) is 18.3 Å². The van der Waals surface area contributed by atoms with E-state index in [1.807, 2.05) is 39.2 Å². The summed E-state index contributed by atoms with van der Waals surface area (Å²) in [5.41, 5.74) is 2.40. The second-order valence-electron chi connectivity index (χ2n) is 5.88. The molecule has 0 saturated heterocycles. The quantitative estimate of drug-likeness (QED) is 0.754. The van der Waals surface area contributed by atoms with Crippen LogP contribution in [0.3, 0.4) is 0 Å². The smallest absolute Gasteiger partial charge is 0.251 e. The van der Waals surface area contributed by atoms with Crippen molar-refractivity contribution in [2.24, 2.45) is 0 Å². The lowest BCUT2D eigenvalue weighted by Crippen LogP contribution is -2.27. The molecule has 2 aromatic rings. The number of halogens is 1. The summed E-state index contributed by atoms with van der Waals surface area (Å²) in [6.07, 6.45) is 2.54. The Morgan fingerprint density at radius 2 is 2.08 bits per heavy atom. The maximum absolute atomic E-state index is 12.2. The number of pyridine rings is 1. The Labute approximate surface area is 148 Å². The SMILES string of the molecule is Cc1c(Cl)cccc1Nc1cc(C(=O)NCCCN(C)C)ccn1. The lowest BCUT2D eigenvalue weighted by Gasteiger charge is -2.12. The molecule has 0 saturated carbocycles. The van der Waals surface area contributed by atoms with Gasteiger partial charge in [0.15, 0.2) is 0 Å². The number of nitrogens with one attached hydrogen (secondary N) is 2. The van der Waals surface area contributed by atoms with Crippen molar-refractivity contribution >= 4 is 29.0 Å². The zero-order chi connectivity index (χ0) is 17.5. The minimum atomic E-state index is -0.0953. The Balaban J connectivity index is 2.00. The molecule has 0 atom stereocenters. The van der Waals surface area contributed by atoms with Gasteiger partial charge in [0.05, 0.1) is 0 Å². The number of nitrogens with zero attached hydrogens (tertiary/aromatic N) is 2. The number of hydrogen-bond donors (Lipinski definition) is 2. The van der Waals surface area contributed by atoms with Crippen LogP contribution in [0, 0.1) is 6.92 Å². The molecule has 0 aliphatic rings. The standard InChI is InChI=1S/C18H23ClN4O/c1-13-15(19)6-4-7-16(13)22-17-12-14(8-10-20-17)18(24)21-9-5-11-23(2)3/h4,6-8,10,12H,5,9,11H2,1-3H3,(H,20,22)(H,21,24). The van der Waals surface area contributed by atoms with Crippen molar-refractivity contribution in [3.63, 3.8) is 0 Å². The molecule has 0 bridgehead atoms. The van der Waals surface area contributed by atoms with Gasteiger partial charge in [-0.15, -0.1) is 0 Å². The highest BCUT2D eigenvalue weighted by atomic mass is 35.5. The van der Waals surface area contributed by atoms with E-state index in [0.717, 1.165) is 24.2 Å². The van der Waals surface area contributed by atoms with E-state index in [2.05, 4.69) is 20.5 Å². The minimum Gasteiger partial charge on any atom is -0.352 e. The second-order valence-corrected chi connectivity index (χ2v) is 6.29. The summed E-state index contributed by atoms with van der Waals surface area (Å²) in [5, 5.41) is 6.82. The molecule has 0 unspecified atom stereocenters. The molecule has 5 nitrogen and oxygen atoms in total. The zero-order valence-electron chi connectivity index (χ0n) is 14.3. The molecular weight excluding hydrogens is 324 g/mol. The molecule has 1 aromatic heterocycles. The summed E-state index contributed by atoms with van der Waals surface area (Å²) in [4.78, 5) is 18.6. The van der Waals surface area contributed by atoms with Gasteiger partial charge in [0.1, 0.15) is 5.82 Å². The van der Waals surface area contributed by atoms with E-state index in [9.17, 15) is 4.79 Å². The largest absolute Gasteiger partial charge is 0.352 e. The first kappa shape index (κ1) is 18.2. The van der Waals surface area contributed by atoms with Crippen LogP contribution in [0.4, 0.5) is 11.5 Å². The molecule has 0 aliphatic carbocycles. The van der Waals surface area contributed by atoms with Gasteiger partial charge in [-0.3, -0.25) is 4.79 Å². The molecule has 24 heavy (non-hydrogen) atoms. The highest BCUT2D eigenvalue weighted by Gasteiger charge is 2.08. The molecule has 6 heteroatoms. The maximum Gasteiger partial charge on any atom is 0.251 e. The number of aromatic nitrogens is 1. The van der Waals surface area contributed by atoms with Gasteiger partial charge in [0.25, 0.3) is 5.91 Å². The Bertz CT molecular complexity index is 703. The Morgan fingerprint density at radius 3 is 2.83 bits per heavy atom. The van der Waals surface area contributed by atoms with Crippen LogP contribution in [0.2, 0.25) is 5.02 Å². The van der Waals surface area contributed by atoms with Crippen molar-refractivity contribution in [2.75, 3.05) is 32.5 Å². The summed E-state index contributed by atoms with van der Waals surface area (Å²) in [5.74, 6) is 0.517. The third-order valence-electron chi connectivity index (χ3n) is 3.62. The molecule has 128 valence electrons. The Hall–Kier alpha value is -2.11. The molecule has 0 fully saturated rings. The first-order chi connectivity index (χ1) is 11.5. The number of rotatable bonds is 7. The van der Waals surface area contributed by atoms with Crippen LogP contribution in [0.5, 0.6) is 0 Å². The number of benzene rings is 1. The van der Waals surface area contributed by atoms with Crippen molar-refractivity contribution in [1.82, 2.24) is 15.2 Å². The van der Waals surface area contributed by atoms with Crippen LogP contribution >= 0.6 is 11.6 Å². The van der Waals surface area contributed by atoms with Crippen molar-refractivity contribution in [1.29, 1.82) is 0 Å². The zero-order valence-corrected chi connectivity index (χ0v) is 15.0. The molecule has 2 N–H and O–H groups in total. The van der Waals surface area contributed by atoms with E-state index in [4.69, 9.17) is 11.6 Å². The first-order valence-electron chi connectivity index (χ1n) is 7.88. The number of amides is 1. The predicted molar refractivity (Wildman–Crippen MR) is 99.2 cm³/mol. The van der Waals surface area contributed by atoms with Gasteiger partial charge in [-0.25, -0.2) is 4.98 Å². The van der Waals surface area contributed by atoms with E-state index in [1.165, 1.54) is 0 Å². The van der Waals surface area contributed by atoms with Crippen LogP contribution in [0.1, 0.15) is 22.3 Å². The van der Waals surface area contributed by atoms with Crippen LogP contribution in [0.25, 0.3) is 0 Å². The average Bonchev–Trinajstić information content (AvgIpc) is 2.56. The van der Waals surface area contributed by atoms with Gasteiger partial charge in [0.2, 0.25) is 0 Å². The minimum absolute atomic E-state index is 0.0953. The first-order valence-corrected chi connectivity index (χ1v) is 8.26. The van der Waals surface area contributed by atoms with Crippen LogP contribution in [-0.2, 0) is 0 Å². The van der Waals surface area contributed by atoms with E-state index >= 15 is 0 Å². The van der Waals surface area contributed by atoms with Gasteiger partial charge < -0.3 is 15.5 Å². The Morgan fingerprint density at radius 1 is 1.29 bits per heavy atom. The molecule has 2 rings (SSSR count). The van der Waals surface area contributed by atoms with E-state index < -0.39 is 0 Å². The highest BCUT2D eigenvalue weighted by molar-refractivity contribution is 6.31. The third-order valence-corrected chi connectivity index (χ3v) is 4.03. The van der Waals surface area contributed by atoms with Crippen molar-refractivity contribution in [3.05, 3.63) is 52.7 Å². The Kier molecular flexibility index (Phi) is 6.58. The van der Waals surface area contributed by atoms with Gasteiger partial charge in [0, 0.05) is 29.0 Å². The molecular formula is C18H23ClN4O. The fourth-order valence-electron chi connectivity index (χ4n) is 2.22. The highest BCUT2D eigenvalue weighted by Crippen LogP contribution is 2.25. The number of hydrogen-bond acceptors (Lipinski definition) is 4. The van der Waals surface area contributed by atoms with Crippen molar-refractivity contribution < 1.29 is 4.79 Å². The lowest BCUT2D eigenvalue weighted by molar-refractivity contribution is 0.0952. The molecule has 1 heterocycles. The van der Waals surface area contributed by atoms with Crippen LogP contribution < -0.4 is 10.6 Å². The number of carbonyl (C=O) groups is 1. The lowest BCUT2D eigenvalue weighted by atomic mass is 10.2.